The number of nitrogens with zero attached hydrogens (tertiary/aromatic N) is 3. The predicted octanol–water partition coefficient (Wildman–Crippen LogP) is 4.58. The van der Waals surface area contributed by atoms with Gasteiger partial charge in [-0.25, -0.2) is 9.98 Å². The Morgan fingerprint density at radius 2 is 2.07 bits per heavy atom. The molecule has 2 N–H and O–H groups in total. The summed E-state index contributed by atoms with van der Waals surface area (Å²) < 4.78 is 38.1. The van der Waals surface area contributed by atoms with Gasteiger partial charge >= 0.3 is 6.18 Å². The van der Waals surface area contributed by atoms with Crippen molar-refractivity contribution in [3.05, 3.63) is 45.9 Å². The summed E-state index contributed by atoms with van der Waals surface area (Å²) in [6.45, 7) is 6.91. The maximum atomic E-state index is 12.7. The Labute approximate surface area is 173 Å². The smallest absolute Gasteiger partial charge is 0.372 e. The van der Waals surface area contributed by atoms with Crippen molar-refractivity contribution in [1.82, 2.24) is 15.6 Å². The summed E-state index contributed by atoms with van der Waals surface area (Å²) in [6.07, 6.45) is -1.97. The normalized spacial score (nSPS) is 16.2. The monoisotopic (exact) mass is 425 g/mol. The minimum absolute atomic E-state index is 0.00242. The van der Waals surface area contributed by atoms with Crippen molar-refractivity contribution in [2.24, 2.45) is 4.99 Å². The molecule has 158 valence electrons. The van der Waals surface area contributed by atoms with E-state index < -0.39 is 11.9 Å². The molecule has 3 rings (SSSR count). The number of thiazole rings is 1. The molecule has 5 nitrogen and oxygen atoms in total. The van der Waals surface area contributed by atoms with E-state index in [1.165, 1.54) is 18.5 Å². The van der Waals surface area contributed by atoms with E-state index >= 15 is 0 Å². The van der Waals surface area contributed by atoms with Gasteiger partial charge in [0.25, 0.3) is 0 Å². The highest BCUT2D eigenvalue weighted by atomic mass is 32.1. The van der Waals surface area contributed by atoms with Crippen LogP contribution in [-0.2, 0) is 12.7 Å². The van der Waals surface area contributed by atoms with Crippen molar-refractivity contribution in [3.63, 3.8) is 0 Å². The number of benzene rings is 1. The van der Waals surface area contributed by atoms with Crippen LogP contribution in [0.25, 0.3) is 0 Å². The second-order valence-corrected chi connectivity index (χ2v) is 7.92. The minimum Gasteiger partial charge on any atom is -0.372 e. The number of rotatable bonds is 6. The molecule has 1 saturated heterocycles. The topological polar surface area (TPSA) is 52.6 Å². The van der Waals surface area contributed by atoms with Gasteiger partial charge in [-0.15, -0.1) is 11.3 Å². The van der Waals surface area contributed by atoms with Gasteiger partial charge in [0, 0.05) is 30.7 Å². The number of halogens is 3. The molecule has 0 saturated carbocycles. The van der Waals surface area contributed by atoms with Crippen LogP contribution >= 0.6 is 11.3 Å². The molecule has 0 spiro atoms. The molecular weight excluding hydrogens is 399 g/mol. The van der Waals surface area contributed by atoms with Gasteiger partial charge in [0.2, 0.25) is 0 Å². The van der Waals surface area contributed by atoms with Crippen LogP contribution in [0.5, 0.6) is 0 Å². The average molecular weight is 426 g/mol. The first-order valence-corrected chi connectivity index (χ1v) is 10.7. The van der Waals surface area contributed by atoms with Gasteiger partial charge in [0.05, 0.1) is 12.6 Å². The van der Waals surface area contributed by atoms with Gasteiger partial charge < -0.3 is 15.5 Å². The fraction of sp³-hybridized carbons (Fsp3) is 0.500. The van der Waals surface area contributed by atoms with Crippen LogP contribution in [0, 0.1) is 0 Å². The van der Waals surface area contributed by atoms with Crippen LogP contribution in [0.4, 0.5) is 18.9 Å². The third-order valence-electron chi connectivity index (χ3n) is 4.75. The molecule has 1 atom stereocenters. The SMILES string of the molecule is CCNC(=NCc1nc(C(F)(F)F)cs1)NC(C)c1cccc(N2CCCC2)c1. The summed E-state index contributed by atoms with van der Waals surface area (Å²) in [6, 6.07) is 8.43. The summed E-state index contributed by atoms with van der Waals surface area (Å²) >= 11 is 0.969. The van der Waals surface area contributed by atoms with Crippen LogP contribution in [-0.4, -0.2) is 30.6 Å². The lowest BCUT2D eigenvalue weighted by Crippen LogP contribution is -2.38. The molecule has 0 bridgehead atoms. The Morgan fingerprint density at radius 1 is 1.31 bits per heavy atom. The number of guanidine groups is 1. The summed E-state index contributed by atoms with van der Waals surface area (Å²) in [5.74, 6) is 0.551. The molecule has 0 aliphatic carbocycles. The van der Waals surface area contributed by atoms with E-state index in [-0.39, 0.29) is 12.6 Å². The zero-order valence-corrected chi connectivity index (χ0v) is 17.4. The van der Waals surface area contributed by atoms with Crippen LogP contribution in [0.15, 0.2) is 34.6 Å². The quantitative estimate of drug-likeness (QED) is 0.526. The Bertz CT molecular complexity index is 828. The predicted molar refractivity (Wildman–Crippen MR) is 111 cm³/mol. The fourth-order valence-corrected chi connectivity index (χ4v) is 3.96. The Morgan fingerprint density at radius 3 is 2.72 bits per heavy atom. The molecule has 1 fully saturated rings. The van der Waals surface area contributed by atoms with Gasteiger partial charge in [-0.1, -0.05) is 12.1 Å². The molecule has 0 radical (unpaired) electrons. The number of hydrogen-bond acceptors (Lipinski definition) is 4. The highest BCUT2D eigenvalue weighted by molar-refractivity contribution is 7.09. The molecule has 1 aliphatic rings. The standard InChI is InChI=1S/C20H26F3N5S/c1-3-24-19(25-12-18-27-17(13-29-18)20(21,22)23)26-14(2)15-7-6-8-16(11-15)28-9-4-5-10-28/h6-8,11,13-14H,3-5,9-10,12H2,1-2H3,(H2,24,25,26). The Hall–Kier alpha value is -2.29. The molecule has 1 unspecified atom stereocenters. The highest BCUT2D eigenvalue weighted by Crippen LogP contribution is 2.30. The fourth-order valence-electron chi connectivity index (χ4n) is 3.23. The maximum Gasteiger partial charge on any atom is 0.434 e. The van der Waals surface area contributed by atoms with Crippen LogP contribution in [0.1, 0.15) is 49.0 Å². The number of hydrogen-bond donors (Lipinski definition) is 2. The van der Waals surface area contributed by atoms with E-state index in [0.717, 1.165) is 35.4 Å². The summed E-state index contributed by atoms with van der Waals surface area (Å²) in [7, 11) is 0. The van der Waals surface area contributed by atoms with Crippen molar-refractivity contribution in [3.8, 4) is 0 Å². The number of nitrogens with one attached hydrogen (secondary N) is 2. The molecule has 1 aromatic heterocycles. The lowest BCUT2D eigenvalue weighted by Gasteiger charge is -2.22. The number of alkyl halides is 3. The van der Waals surface area contributed by atoms with E-state index in [1.807, 2.05) is 13.8 Å². The summed E-state index contributed by atoms with van der Waals surface area (Å²) in [5, 5.41) is 7.83. The highest BCUT2D eigenvalue weighted by Gasteiger charge is 2.33. The zero-order valence-electron chi connectivity index (χ0n) is 16.6. The summed E-state index contributed by atoms with van der Waals surface area (Å²) in [5.41, 5.74) is 1.49. The third kappa shape index (κ3) is 5.85. The van der Waals surface area contributed by atoms with E-state index in [9.17, 15) is 13.2 Å². The zero-order chi connectivity index (χ0) is 20.9. The lowest BCUT2D eigenvalue weighted by molar-refractivity contribution is -0.140. The minimum atomic E-state index is -4.42. The van der Waals surface area contributed by atoms with Crippen LogP contribution in [0.3, 0.4) is 0 Å². The van der Waals surface area contributed by atoms with Gasteiger partial charge in [-0.2, -0.15) is 13.2 Å². The van der Waals surface area contributed by atoms with Crippen molar-refractivity contribution >= 4 is 23.0 Å². The lowest BCUT2D eigenvalue weighted by atomic mass is 10.1. The molecule has 0 amide bonds. The van der Waals surface area contributed by atoms with Crippen molar-refractivity contribution in [1.29, 1.82) is 0 Å². The van der Waals surface area contributed by atoms with E-state index in [1.54, 1.807) is 0 Å². The van der Waals surface area contributed by atoms with E-state index in [2.05, 4.69) is 49.8 Å². The van der Waals surface area contributed by atoms with Crippen molar-refractivity contribution in [2.45, 2.75) is 45.5 Å². The average Bonchev–Trinajstić information content (AvgIpc) is 3.38. The molecule has 2 heterocycles. The number of aromatic nitrogens is 1. The van der Waals surface area contributed by atoms with Crippen molar-refractivity contribution < 1.29 is 13.2 Å². The molecular formula is C20H26F3N5S. The van der Waals surface area contributed by atoms with Crippen LogP contribution < -0.4 is 15.5 Å². The van der Waals surface area contributed by atoms with Gasteiger partial charge in [-0.3, -0.25) is 0 Å². The molecule has 1 aromatic carbocycles. The first-order valence-electron chi connectivity index (χ1n) is 9.78. The van der Waals surface area contributed by atoms with Crippen molar-refractivity contribution in [2.75, 3.05) is 24.5 Å². The third-order valence-corrected chi connectivity index (χ3v) is 5.59. The van der Waals surface area contributed by atoms with Crippen LogP contribution in [0.2, 0.25) is 0 Å². The molecule has 9 heteroatoms. The van der Waals surface area contributed by atoms with Gasteiger partial charge in [0.1, 0.15) is 5.01 Å². The second-order valence-electron chi connectivity index (χ2n) is 6.97. The Balaban J connectivity index is 1.67. The van der Waals surface area contributed by atoms with Gasteiger partial charge in [0.15, 0.2) is 11.7 Å². The van der Waals surface area contributed by atoms with Gasteiger partial charge in [-0.05, 0) is 44.4 Å². The second kappa shape index (κ2) is 9.47. The summed E-state index contributed by atoms with van der Waals surface area (Å²) in [4.78, 5) is 10.4. The molecule has 1 aliphatic heterocycles. The number of anilines is 1. The molecule has 2 aromatic rings. The Kier molecular flexibility index (Phi) is 7.00. The van der Waals surface area contributed by atoms with E-state index in [0.29, 0.717) is 17.5 Å². The molecule has 29 heavy (non-hydrogen) atoms. The maximum absolute atomic E-state index is 12.7. The van der Waals surface area contributed by atoms with E-state index in [4.69, 9.17) is 0 Å². The first kappa shape index (κ1) is 21.4. The largest absolute Gasteiger partial charge is 0.434 e. The first-order chi connectivity index (χ1) is 13.9. The number of aliphatic imine (C=N–C) groups is 1.